The molecule has 2 heterocycles. The standard InChI is InChI=1S/C26H19F2N5O3S/c1-37(35,36)33-20-4-2-15-9-25(32-24(15)11-20)26(34)31-21-7-16(18-12-29-14-30-13-18)6-17(8-21)22-5-3-19(27)10-23(22)28/h2-14,32-33H,1H3,(H,31,34). The molecule has 186 valence electrons. The Labute approximate surface area is 210 Å². The third-order valence-electron chi connectivity index (χ3n) is 5.50. The second-order valence-electron chi connectivity index (χ2n) is 8.36. The van der Waals surface area contributed by atoms with Gasteiger partial charge in [0.2, 0.25) is 10.0 Å². The lowest BCUT2D eigenvalue weighted by atomic mass is 9.99. The summed E-state index contributed by atoms with van der Waals surface area (Å²) in [7, 11) is -3.46. The van der Waals surface area contributed by atoms with Crippen molar-refractivity contribution in [2.45, 2.75) is 0 Å². The first-order chi connectivity index (χ1) is 17.6. The lowest BCUT2D eigenvalue weighted by Crippen LogP contribution is -2.12. The number of nitrogens with one attached hydrogen (secondary N) is 3. The van der Waals surface area contributed by atoms with Gasteiger partial charge >= 0.3 is 0 Å². The molecule has 0 saturated carbocycles. The summed E-state index contributed by atoms with van der Waals surface area (Å²) in [5.74, 6) is -1.91. The van der Waals surface area contributed by atoms with Crippen LogP contribution in [0.5, 0.6) is 0 Å². The number of aromatic nitrogens is 3. The molecule has 5 aromatic rings. The maximum Gasteiger partial charge on any atom is 0.272 e. The highest BCUT2D eigenvalue weighted by Gasteiger charge is 2.15. The molecular formula is C26H19F2N5O3S. The van der Waals surface area contributed by atoms with Crippen LogP contribution in [-0.4, -0.2) is 35.5 Å². The zero-order chi connectivity index (χ0) is 26.2. The van der Waals surface area contributed by atoms with E-state index in [-0.39, 0.29) is 11.3 Å². The summed E-state index contributed by atoms with van der Waals surface area (Å²) in [6.45, 7) is 0. The third kappa shape index (κ3) is 5.46. The molecule has 0 fully saturated rings. The van der Waals surface area contributed by atoms with Crippen LogP contribution >= 0.6 is 0 Å². The number of hydrogen-bond acceptors (Lipinski definition) is 5. The van der Waals surface area contributed by atoms with Gasteiger partial charge in [0.1, 0.15) is 23.7 Å². The number of halogens is 2. The van der Waals surface area contributed by atoms with Crippen molar-refractivity contribution in [3.05, 3.63) is 96.7 Å². The van der Waals surface area contributed by atoms with E-state index in [0.717, 1.165) is 18.4 Å². The summed E-state index contributed by atoms with van der Waals surface area (Å²) < 4.78 is 53.5. The fourth-order valence-corrected chi connectivity index (χ4v) is 4.47. The molecule has 0 aliphatic rings. The van der Waals surface area contributed by atoms with Crippen molar-refractivity contribution in [1.29, 1.82) is 0 Å². The van der Waals surface area contributed by atoms with Gasteiger partial charge in [0.15, 0.2) is 0 Å². The topological polar surface area (TPSA) is 117 Å². The summed E-state index contributed by atoms with van der Waals surface area (Å²) in [4.78, 5) is 24.1. The first-order valence-electron chi connectivity index (χ1n) is 10.9. The predicted octanol–water partition coefficient (Wildman–Crippen LogP) is 5.19. The van der Waals surface area contributed by atoms with Gasteiger partial charge < -0.3 is 10.3 Å². The summed E-state index contributed by atoms with van der Waals surface area (Å²) in [6.07, 6.45) is 5.59. The van der Waals surface area contributed by atoms with Crippen molar-refractivity contribution in [3.8, 4) is 22.3 Å². The van der Waals surface area contributed by atoms with E-state index in [1.807, 2.05) is 0 Å². The molecule has 1 amide bonds. The molecule has 0 spiro atoms. The van der Waals surface area contributed by atoms with E-state index in [1.54, 1.807) is 54.9 Å². The lowest BCUT2D eigenvalue weighted by molar-refractivity contribution is 0.102. The molecule has 3 aromatic carbocycles. The molecular weight excluding hydrogens is 500 g/mol. The van der Waals surface area contributed by atoms with Gasteiger partial charge in [-0.15, -0.1) is 0 Å². The van der Waals surface area contributed by atoms with Crippen molar-refractivity contribution in [2.24, 2.45) is 0 Å². The van der Waals surface area contributed by atoms with Gasteiger partial charge in [0.25, 0.3) is 5.91 Å². The van der Waals surface area contributed by atoms with Crippen LogP contribution in [0.4, 0.5) is 20.2 Å². The number of fused-ring (bicyclic) bond motifs is 1. The minimum Gasteiger partial charge on any atom is -0.350 e. The van der Waals surface area contributed by atoms with Gasteiger partial charge in [-0.25, -0.2) is 27.2 Å². The van der Waals surface area contributed by atoms with Gasteiger partial charge in [0, 0.05) is 46.2 Å². The fraction of sp³-hybridized carbons (Fsp3) is 0.0385. The Bertz CT molecular complexity index is 1760. The van der Waals surface area contributed by atoms with Gasteiger partial charge in [-0.1, -0.05) is 6.07 Å². The van der Waals surface area contributed by atoms with Gasteiger partial charge in [-0.05, 0) is 59.7 Å². The number of H-pyrrole nitrogens is 1. The van der Waals surface area contributed by atoms with Crippen molar-refractivity contribution < 1.29 is 22.0 Å². The molecule has 5 rings (SSSR count). The highest BCUT2D eigenvalue weighted by atomic mass is 32.2. The Morgan fingerprint density at radius 2 is 1.62 bits per heavy atom. The van der Waals surface area contributed by atoms with Crippen LogP contribution in [0.2, 0.25) is 0 Å². The van der Waals surface area contributed by atoms with Crippen LogP contribution < -0.4 is 10.0 Å². The SMILES string of the molecule is CS(=O)(=O)Nc1ccc2cc(C(=O)Nc3cc(-c4cncnc4)cc(-c4ccc(F)cc4F)c3)[nH]c2c1. The van der Waals surface area contributed by atoms with E-state index in [0.29, 0.717) is 39.0 Å². The van der Waals surface area contributed by atoms with Crippen LogP contribution in [0.15, 0.2) is 79.4 Å². The molecule has 0 aliphatic carbocycles. The minimum atomic E-state index is -3.46. The lowest BCUT2D eigenvalue weighted by Gasteiger charge is -2.12. The highest BCUT2D eigenvalue weighted by molar-refractivity contribution is 7.92. The largest absolute Gasteiger partial charge is 0.350 e. The molecule has 11 heteroatoms. The Balaban J connectivity index is 1.50. The molecule has 0 aliphatic heterocycles. The molecule has 0 atom stereocenters. The van der Waals surface area contributed by atoms with Crippen molar-refractivity contribution >= 4 is 38.2 Å². The number of carbonyl (C=O) groups is 1. The number of carbonyl (C=O) groups excluding carboxylic acids is 1. The Hall–Kier alpha value is -4.64. The third-order valence-corrected chi connectivity index (χ3v) is 6.10. The molecule has 37 heavy (non-hydrogen) atoms. The number of amides is 1. The number of nitrogens with zero attached hydrogens (tertiary/aromatic N) is 2. The van der Waals surface area contributed by atoms with Crippen LogP contribution in [-0.2, 0) is 10.0 Å². The molecule has 0 saturated heterocycles. The number of aromatic amines is 1. The number of anilines is 2. The van der Waals surface area contributed by atoms with Crippen LogP contribution in [0.25, 0.3) is 33.2 Å². The Morgan fingerprint density at radius 1 is 0.865 bits per heavy atom. The summed E-state index contributed by atoms with van der Waals surface area (Å²) in [5, 5.41) is 3.51. The van der Waals surface area contributed by atoms with Crippen molar-refractivity contribution in [1.82, 2.24) is 15.0 Å². The van der Waals surface area contributed by atoms with E-state index < -0.39 is 27.6 Å². The molecule has 3 N–H and O–H groups in total. The molecule has 2 aromatic heterocycles. The molecule has 0 unspecified atom stereocenters. The van der Waals surface area contributed by atoms with Crippen LogP contribution in [0, 0.1) is 11.6 Å². The van der Waals surface area contributed by atoms with E-state index >= 15 is 0 Å². The summed E-state index contributed by atoms with van der Waals surface area (Å²) >= 11 is 0. The minimum absolute atomic E-state index is 0.159. The quantitative estimate of drug-likeness (QED) is 0.285. The second-order valence-corrected chi connectivity index (χ2v) is 10.1. The average molecular weight is 520 g/mol. The van der Waals surface area contributed by atoms with Crippen molar-refractivity contribution in [2.75, 3.05) is 16.3 Å². The molecule has 0 bridgehead atoms. The maximum absolute atomic E-state index is 14.6. The summed E-state index contributed by atoms with van der Waals surface area (Å²) in [6, 6.07) is 14.7. The number of benzene rings is 3. The zero-order valence-corrected chi connectivity index (χ0v) is 20.1. The van der Waals surface area contributed by atoms with Crippen LogP contribution in [0.3, 0.4) is 0 Å². The van der Waals surface area contributed by atoms with E-state index in [9.17, 15) is 22.0 Å². The number of sulfonamides is 1. The highest BCUT2D eigenvalue weighted by Crippen LogP contribution is 2.32. The first-order valence-corrected chi connectivity index (χ1v) is 12.8. The van der Waals surface area contributed by atoms with E-state index in [1.165, 1.54) is 12.4 Å². The Kier molecular flexibility index (Phi) is 6.14. The maximum atomic E-state index is 14.6. The fourth-order valence-electron chi connectivity index (χ4n) is 3.92. The van der Waals surface area contributed by atoms with Gasteiger partial charge in [-0.3, -0.25) is 9.52 Å². The average Bonchev–Trinajstić information content (AvgIpc) is 3.27. The monoisotopic (exact) mass is 519 g/mol. The smallest absolute Gasteiger partial charge is 0.272 e. The Morgan fingerprint density at radius 3 is 2.35 bits per heavy atom. The van der Waals surface area contributed by atoms with Gasteiger partial charge in [-0.2, -0.15) is 0 Å². The predicted molar refractivity (Wildman–Crippen MR) is 138 cm³/mol. The van der Waals surface area contributed by atoms with E-state index in [4.69, 9.17) is 0 Å². The van der Waals surface area contributed by atoms with Crippen LogP contribution in [0.1, 0.15) is 10.5 Å². The second kappa shape index (κ2) is 9.43. The zero-order valence-electron chi connectivity index (χ0n) is 19.3. The first kappa shape index (κ1) is 24.1. The summed E-state index contributed by atoms with van der Waals surface area (Å²) in [5.41, 5.74) is 3.34. The number of hydrogen-bond donors (Lipinski definition) is 3. The molecule has 0 radical (unpaired) electrons. The normalized spacial score (nSPS) is 11.4. The molecule has 8 nitrogen and oxygen atoms in total. The van der Waals surface area contributed by atoms with Crippen molar-refractivity contribution in [3.63, 3.8) is 0 Å². The number of rotatable bonds is 6. The van der Waals surface area contributed by atoms with Gasteiger partial charge in [0.05, 0.1) is 11.9 Å². The van der Waals surface area contributed by atoms with E-state index in [2.05, 4.69) is 25.0 Å².